The van der Waals surface area contributed by atoms with Gasteiger partial charge in [0.2, 0.25) is 0 Å². The van der Waals surface area contributed by atoms with E-state index in [1.165, 1.54) is 0 Å². The summed E-state index contributed by atoms with van der Waals surface area (Å²) in [6.07, 6.45) is 4.94. The number of nitrogens with one attached hydrogen (secondary N) is 1. The molecule has 2 rings (SSSR count). The molecule has 1 aromatic heterocycles. The van der Waals surface area contributed by atoms with Gasteiger partial charge >= 0.3 is 0 Å². The van der Waals surface area contributed by atoms with Gasteiger partial charge in [-0.2, -0.15) is 0 Å². The quantitative estimate of drug-likeness (QED) is 0.847. The molecule has 0 atom stereocenters. The third-order valence-corrected chi connectivity index (χ3v) is 3.74. The lowest BCUT2D eigenvalue weighted by Gasteiger charge is -2.35. The zero-order chi connectivity index (χ0) is 11.4. The molecule has 0 spiro atoms. The van der Waals surface area contributed by atoms with Gasteiger partial charge in [-0.3, -0.25) is 4.79 Å². The van der Waals surface area contributed by atoms with Crippen molar-refractivity contribution in [3.05, 3.63) is 24.2 Å². The molecule has 1 aliphatic heterocycles. The zero-order valence-electron chi connectivity index (χ0n) is 9.79. The molecule has 1 aliphatic rings. The summed E-state index contributed by atoms with van der Waals surface area (Å²) in [5.41, 5.74) is -0.113. The van der Waals surface area contributed by atoms with E-state index < -0.39 is 0 Å². The number of Topliss-reactive ketones (excluding diaryl/α,β-unsaturated/α-hetero) is 1. The Bertz CT molecular complexity index is 337. The second-order valence-corrected chi connectivity index (χ2v) is 4.56. The zero-order valence-corrected chi connectivity index (χ0v) is 9.79. The topological polar surface area (TPSA) is 42.2 Å². The summed E-state index contributed by atoms with van der Waals surface area (Å²) in [5.74, 6) is 1.13. The van der Waals surface area contributed by atoms with Crippen molar-refractivity contribution in [2.45, 2.75) is 32.6 Å². The van der Waals surface area contributed by atoms with Gasteiger partial charge in [-0.15, -0.1) is 0 Å². The van der Waals surface area contributed by atoms with Gasteiger partial charge in [-0.05, 0) is 44.5 Å². The van der Waals surface area contributed by atoms with Crippen LogP contribution in [0.2, 0.25) is 0 Å². The molecule has 3 nitrogen and oxygen atoms in total. The first-order valence-electron chi connectivity index (χ1n) is 6.03. The van der Waals surface area contributed by atoms with E-state index in [-0.39, 0.29) is 5.41 Å². The van der Waals surface area contributed by atoms with Crippen LogP contribution in [0.3, 0.4) is 0 Å². The summed E-state index contributed by atoms with van der Waals surface area (Å²) < 4.78 is 5.25. The number of furan rings is 1. The summed E-state index contributed by atoms with van der Waals surface area (Å²) in [6.45, 7) is 4.03. The minimum Gasteiger partial charge on any atom is -0.469 e. The van der Waals surface area contributed by atoms with Crippen molar-refractivity contribution in [3.8, 4) is 0 Å². The second kappa shape index (κ2) is 4.83. The van der Waals surface area contributed by atoms with Crippen LogP contribution in [0, 0.1) is 5.41 Å². The summed E-state index contributed by atoms with van der Waals surface area (Å²) >= 11 is 0. The van der Waals surface area contributed by atoms with Crippen molar-refractivity contribution < 1.29 is 9.21 Å². The van der Waals surface area contributed by atoms with E-state index >= 15 is 0 Å². The Morgan fingerprint density at radius 3 is 2.81 bits per heavy atom. The molecule has 0 aliphatic carbocycles. The first-order valence-corrected chi connectivity index (χ1v) is 6.03. The summed E-state index contributed by atoms with van der Waals surface area (Å²) in [7, 11) is 0. The third-order valence-electron chi connectivity index (χ3n) is 3.74. The number of carbonyl (C=O) groups excluding carboxylic acids is 1. The Morgan fingerprint density at radius 2 is 2.25 bits per heavy atom. The molecule has 0 amide bonds. The smallest absolute Gasteiger partial charge is 0.146 e. The van der Waals surface area contributed by atoms with Crippen LogP contribution >= 0.6 is 0 Å². The van der Waals surface area contributed by atoms with Crippen LogP contribution in [0.15, 0.2) is 22.8 Å². The van der Waals surface area contributed by atoms with Crippen molar-refractivity contribution >= 4 is 5.78 Å². The molecule has 16 heavy (non-hydrogen) atoms. The Morgan fingerprint density at radius 1 is 1.50 bits per heavy atom. The molecule has 3 heteroatoms. The van der Waals surface area contributed by atoms with Gasteiger partial charge in [0.1, 0.15) is 11.5 Å². The molecular formula is C13H19NO2. The lowest BCUT2D eigenvalue weighted by atomic mass is 9.72. The summed E-state index contributed by atoms with van der Waals surface area (Å²) in [5, 5.41) is 3.31. The SMILES string of the molecule is CCC1(C(=O)Cc2ccco2)CCNCC1. The lowest BCUT2D eigenvalue weighted by Crippen LogP contribution is -2.42. The minimum absolute atomic E-state index is 0.113. The Kier molecular flexibility index (Phi) is 3.44. The number of hydrogen-bond acceptors (Lipinski definition) is 3. The van der Waals surface area contributed by atoms with Gasteiger partial charge in [0.05, 0.1) is 12.7 Å². The maximum absolute atomic E-state index is 12.3. The molecule has 2 heterocycles. The maximum atomic E-state index is 12.3. The molecule has 1 N–H and O–H groups in total. The highest BCUT2D eigenvalue weighted by atomic mass is 16.3. The van der Waals surface area contributed by atoms with Crippen molar-refractivity contribution in [2.24, 2.45) is 5.41 Å². The molecular weight excluding hydrogens is 202 g/mol. The fraction of sp³-hybridized carbons (Fsp3) is 0.615. The van der Waals surface area contributed by atoms with Crippen LogP contribution < -0.4 is 5.32 Å². The van der Waals surface area contributed by atoms with Crippen LogP contribution in [0.4, 0.5) is 0 Å². The van der Waals surface area contributed by atoms with Crippen LogP contribution in [0.25, 0.3) is 0 Å². The van der Waals surface area contributed by atoms with E-state index in [0.717, 1.165) is 38.1 Å². The van der Waals surface area contributed by atoms with Crippen molar-refractivity contribution in [1.82, 2.24) is 5.32 Å². The Hall–Kier alpha value is -1.09. The lowest BCUT2D eigenvalue weighted by molar-refractivity contribution is -0.130. The van der Waals surface area contributed by atoms with E-state index in [0.29, 0.717) is 12.2 Å². The van der Waals surface area contributed by atoms with Gasteiger partial charge in [0.25, 0.3) is 0 Å². The number of piperidine rings is 1. The maximum Gasteiger partial charge on any atom is 0.146 e. The molecule has 88 valence electrons. The normalized spacial score (nSPS) is 19.6. The van der Waals surface area contributed by atoms with Gasteiger partial charge < -0.3 is 9.73 Å². The molecule has 0 bridgehead atoms. The van der Waals surface area contributed by atoms with Gasteiger partial charge in [-0.1, -0.05) is 6.92 Å². The average Bonchev–Trinajstić information content (AvgIpc) is 2.82. The number of ketones is 1. The predicted molar refractivity (Wildman–Crippen MR) is 62.2 cm³/mol. The highest BCUT2D eigenvalue weighted by molar-refractivity contribution is 5.86. The van der Waals surface area contributed by atoms with E-state index in [1.807, 2.05) is 12.1 Å². The van der Waals surface area contributed by atoms with Crippen molar-refractivity contribution in [2.75, 3.05) is 13.1 Å². The molecule has 0 aromatic carbocycles. The second-order valence-electron chi connectivity index (χ2n) is 4.56. The van der Waals surface area contributed by atoms with Gasteiger partial charge in [0, 0.05) is 5.41 Å². The van der Waals surface area contributed by atoms with Crippen LogP contribution in [-0.2, 0) is 11.2 Å². The van der Waals surface area contributed by atoms with Gasteiger partial charge in [-0.25, -0.2) is 0 Å². The fourth-order valence-electron chi connectivity index (χ4n) is 2.49. The molecule has 1 fully saturated rings. The Balaban J connectivity index is 2.06. The fourth-order valence-corrected chi connectivity index (χ4v) is 2.49. The van der Waals surface area contributed by atoms with Gasteiger partial charge in [0.15, 0.2) is 0 Å². The van der Waals surface area contributed by atoms with Crippen molar-refractivity contribution in [1.29, 1.82) is 0 Å². The highest BCUT2D eigenvalue weighted by Gasteiger charge is 2.37. The molecule has 0 radical (unpaired) electrons. The monoisotopic (exact) mass is 221 g/mol. The van der Waals surface area contributed by atoms with Crippen molar-refractivity contribution in [3.63, 3.8) is 0 Å². The average molecular weight is 221 g/mol. The van der Waals surface area contributed by atoms with E-state index in [9.17, 15) is 4.79 Å². The Labute approximate surface area is 96.2 Å². The summed E-state index contributed by atoms with van der Waals surface area (Å²) in [4.78, 5) is 12.3. The minimum atomic E-state index is -0.113. The highest BCUT2D eigenvalue weighted by Crippen LogP contribution is 2.34. The number of rotatable bonds is 4. The first kappa shape index (κ1) is 11.4. The van der Waals surface area contributed by atoms with E-state index in [4.69, 9.17) is 4.42 Å². The third kappa shape index (κ3) is 2.19. The summed E-state index contributed by atoms with van der Waals surface area (Å²) in [6, 6.07) is 3.71. The molecule has 0 saturated carbocycles. The largest absolute Gasteiger partial charge is 0.469 e. The molecule has 0 unspecified atom stereocenters. The van der Waals surface area contributed by atoms with E-state index in [1.54, 1.807) is 6.26 Å². The number of carbonyl (C=O) groups is 1. The predicted octanol–water partition coefficient (Wildman–Crippen LogP) is 2.17. The molecule has 1 saturated heterocycles. The number of hydrogen-bond donors (Lipinski definition) is 1. The van der Waals surface area contributed by atoms with E-state index in [2.05, 4.69) is 12.2 Å². The van der Waals surface area contributed by atoms with Crippen LogP contribution in [0.1, 0.15) is 31.9 Å². The first-order chi connectivity index (χ1) is 7.77. The van der Waals surface area contributed by atoms with Crippen LogP contribution in [0.5, 0.6) is 0 Å². The van der Waals surface area contributed by atoms with Crippen LogP contribution in [-0.4, -0.2) is 18.9 Å². The standard InChI is InChI=1S/C13H19NO2/c1-2-13(5-7-14-8-6-13)12(15)10-11-4-3-9-16-11/h3-4,9,14H,2,5-8,10H2,1H3. The molecule has 1 aromatic rings.